The number of hydrogen-bond donors (Lipinski definition) is 2. The second kappa shape index (κ2) is 10.3. The Hall–Kier alpha value is -3.80. The maximum atomic E-state index is 13.6. The molecule has 3 aliphatic rings. The minimum absolute atomic E-state index is 0.150. The van der Waals surface area contributed by atoms with Crippen molar-refractivity contribution < 1.29 is 27.3 Å². The molecule has 3 aromatic rings. The van der Waals surface area contributed by atoms with Gasteiger partial charge >= 0.3 is 6.18 Å². The van der Waals surface area contributed by atoms with Gasteiger partial charge in [0.15, 0.2) is 17.3 Å². The molecule has 40 heavy (non-hydrogen) atoms. The number of aromatic nitrogens is 3. The van der Waals surface area contributed by atoms with Gasteiger partial charge in [0.2, 0.25) is 5.91 Å². The SMILES string of the molecule is O=C(N[C@@H]1CCN(CC2CC2)C[C@H]1C(=O)NC1(c2ncccn2)CC1)c1cc(-c2ccccc2C(F)(F)F)on1. The highest BCUT2D eigenvalue weighted by atomic mass is 19.4. The normalized spacial score (nSPS) is 22.5. The van der Waals surface area contributed by atoms with Crippen LogP contribution in [0.15, 0.2) is 53.3 Å². The van der Waals surface area contributed by atoms with E-state index in [1.165, 1.54) is 37.1 Å². The molecule has 12 heteroatoms. The molecule has 0 unspecified atom stereocenters. The van der Waals surface area contributed by atoms with E-state index in [1.807, 2.05) is 0 Å². The number of alkyl halides is 3. The lowest BCUT2D eigenvalue weighted by molar-refractivity contribution is -0.137. The van der Waals surface area contributed by atoms with Crippen LogP contribution in [0.25, 0.3) is 11.3 Å². The summed E-state index contributed by atoms with van der Waals surface area (Å²) in [6.07, 6.45) is 3.10. The lowest BCUT2D eigenvalue weighted by Gasteiger charge is -2.38. The molecule has 2 N–H and O–H groups in total. The van der Waals surface area contributed by atoms with E-state index >= 15 is 0 Å². The largest absolute Gasteiger partial charge is 0.417 e. The van der Waals surface area contributed by atoms with E-state index in [0.717, 1.165) is 32.0 Å². The Labute approximate surface area is 228 Å². The van der Waals surface area contributed by atoms with Gasteiger partial charge in [-0.05, 0) is 50.2 Å². The number of rotatable bonds is 8. The number of benzene rings is 1. The second-order valence-electron chi connectivity index (χ2n) is 10.9. The van der Waals surface area contributed by atoms with E-state index in [1.54, 1.807) is 18.5 Å². The van der Waals surface area contributed by atoms with E-state index in [0.29, 0.717) is 24.7 Å². The predicted octanol–water partition coefficient (Wildman–Crippen LogP) is 3.79. The summed E-state index contributed by atoms with van der Waals surface area (Å²) in [5.41, 5.74) is -1.83. The summed E-state index contributed by atoms with van der Waals surface area (Å²) in [5, 5.41) is 9.80. The number of halogens is 3. The maximum Gasteiger partial charge on any atom is 0.417 e. The average Bonchev–Trinajstić information content (AvgIpc) is 3.87. The summed E-state index contributed by atoms with van der Waals surface area (Å²) in [4.78, 5) is 37.8. The lowest BCUT2D eigenvalue weighted by Crippen LogP contribution is -2.57. The molecule has 1 aromatic carbocycles. The van der Waals surface area contributed by atoms with E-state index in [-0.39, 0.29) is 22.9 Å². The second-order valence-corrected chi connectivity index (χ2v) is 10.9. The monoisotopic (exact) mass is 554 g/mol. The van der Waals surface area contributed by atoms with Gasteiger partial charge in [0.1, 0.15) is 0 Å². The van der Waals surface area contributed by atoms with Crippen LogP contribution in [0.1, 0.15) is 54.0 Å². The number of hydrogen-bond acceptors (Lipinski definition) is 7. The fraction of sp³-hybridized carbons (Fsp3) is 0.464. The van der Waals surface area contributed by atoms with Gasteiger partial charge in [-0.2, -0.15) is 13.2 Å². The number of likely N-dealkylation sites (tertiary alicyclic amines) is 1. The van der Waals surface area contributed by atoms with Crippen molar-refractivity contribution in [3.8, 4) is 11.3 Å². The van der Waals surface area contributed by atoms with Gasteiger partial charge in [-0.15, -0.1) is 0 Å². The standard InChI is InChI=1S/C28H29F3N6O3/c29-28(30,31)20-5-2-1-4-18(20)23-14-22(36-40-23)25(39)34-21-8-13-37(15-17-6-7-17)16-19(21)24(38)35-27(9-10-27)26-32-11-3-12-33-26/h1-5,11-12,14,17,19,21H,6-10,13,15-16H2,(H,34,39)(H,35,38)/t19-,21-/m1/s1. The Balaban J connectivity index is 1.18. The number of nitrogens with zero attached hydrogens (tertiary/aromatic N) is 4. The van der Waals surface area contributed by atoms with Gasteiger partial charge < -0.3 is 20.1 Å². The van der Waals surface area contributed by atoms with Crippen LogP contribution in [0, 0.1) is 11.8 Å². The first-order valence-corrected chi connectivity index (χ1v) is 13.5. The molecule has 2 aromatic heterocycles. The van der Waals surface area contributed by atoms with Crippen molar-refractivity contribution in [2.45, 2.75) is 49.9 Å². The Morgan fingerprint density at radius 3 is 2.52 bits per heavy atom. The van der Waals surface area contributed by atoms with Crippen LogP contribution in [-0.2, 0) is 16.5 Å². The molecule has 3 heterocycles. The first kappa shape index (κ1) is 26.4. The van der Waals surface area contributed by atoms with Gasteiger partial charge in [-0.25, -0.2) is 9.97 Å². The molecule has 2 amide bonds. The third-order valence-electron chi connectivity index (χ3n) is 7.91. The van der Waals surface area contributed by atoms with Crippen molar-refractivity contribution in [3.05, 3.63) is 65.9 Å². The molecule has 0 bridgehead atoms. The van der Waals surface area contributed by atoms with Crippen LogP contribution < -0.4 is 10.6 Å². The number of piperidine rings is 1. The highest BCUT2D eigenvalue weighted by Crippen LogP contribution is 2.44. The summed E-state index contributed by atoms with van der Waals surface area (Å²) in [7, 11) is 0. The van der Waals surface area contributed by atoms with E-state index in [4.69, 9.17) is 4.52 Å². The molecule has 3 fully saturated rings. The Morgan fingerprint density at radius 1 is 1.07 bits per heavy atom. The topological polar surface area (TPSA) is 113 Å². The summed E-state index contributed by atoms with van der Waals surface area (Å²) in [6, 6.07) is 7.39. The van der Waals surface area contributed by atoms with Crippen LogP contribution in [0.3, 0.4) is 0 Å². The zero-order chi connectivity index (χ0) is 27.9. The molecule has 1 saturated heterocycles. The Kier molecular flexibility index (Phi) is 6.81. The molecule has 2 atom stereocenters. The maximum absolute atomic E-state index is 13.6. The highest BCUT2D eigenvalue weighted by Gasteiger charge is 2.50. The zero-order valence-electron chi connectivity index (χ0n) is 21.7. The highest BCUT2D eigenvalue weighted by molar-refractivity contribution is 5.94. The van der Waals surface area contributed by atoms with Crippen LogP contribution in [-0.4, -0.2) is 57.5 Å². The first-order valence-electron chi connectivity index (χ1n) is 13.5. The Morgan fingerprint density at radius 2 is 1.82 bits per heavy atom. The van der Waals surface area contributed by atoms with Crippen molar-refractivity contribution >= 4 is 11.8 Å². The number of carbonyl (C=O) groups is 2. The minimum atomic E-state index is -4.59. The van der Waals surface area contributed by atoms with Crippen LogP contribution in [0.2, 0.25) is 0 Å². The molecule has 1 aliphatic heterocycles. The van der Waals surface area contributed by atoms with Crippen molar-refractivity contribution in [3.63, 3.8) is 0 Å². The molecule has 9 nitrogen and oxygen atoms in total. The molecular weight excluding hydrogens is 525 g/mol. The fourth-order valence-corrected chi connectivity index (χ4v) is 5.39. The molecule has 210 valence electrons. The molecule has 0 radical (unpaired) electrons. The summed E-state index contributed by atoms with van der Waals surface area (Å²) < 4.78 is 45.6. The van der Waals surface area contributed by atoms with Gasteiger partial charge in [-0.1, -0.05) is 23.4 Å². The van der Waals surface area contributed by atoms with Gasteiger partial charge in [-0.3, -0.25) is 9.59 Å². The first-order chi connectivity index (χ1) is 19.2. The van der Waals surface area contributed by atoms with Crippen LogP contribution in [0.4, 0.5) is 13.2 Å². The number of carbonyl (C=O) groups excluding carboxylic acids is 2. The number of nitrogens with one attached hydrogen (secondary N) is 2. The van der Waals surface area contributed by atoms with Crippen LogP contribution >= 0.6 is 0 Å². The molecular formula is C28H29F3N6O3. The summed E-state index contributed by atoms with van der Waals surface area (Å²) >= 11 is 0. The predicted molar refractivity (Wildman–Crippen MR) is 137 cm³/mol. The van der Waals surface area contributed by atoms with Crippen molar-refractivity contribution in [2.75, 3.05) is 19.6 Å². The molecule has 6 rings (SSSR count). The van der Waals surface area contributed by atoms with Crippen molar-refractivity contribution in [1.82, 2.24) is 30.7 Å². The molecule has 2 aliphatic carbocycles. The van der Waals surface area contributed by atoms with Crippen molar-refractivity contribution in [1.29, 1.82) is 0 Å². The van der Waals surface area contributed by atoms with E-state index in [9.17, 15) is 22.8 Å². The quantitative estimate of drug-likeness (QED) is 0.436. The average molecular weight is 555 g/mol. The van der Waals surface area contributed by atoms with E-state index in [2.05, 4.69) is 30.7 Å². The summed E-state index contributed by atoms with van der Waals surface area (Å²) in [6.45, 7) is 2.13. The van der Waals surface area contributed by atoms with Gasteiger partial charge in [0.25, 0.3) is 5.91 Å². The summed E-state index contributed by atoms with van der Waals surface area (Å²) in [5.74, 6) is -0.263. The van der Waals surface area contributed by atoms with Gasteiger partial charge in [0.05, 0.1) is 17.0 Å². The molecule has 2 saturated carbocycles. The van der Waals surface area contributed by atoms with Gasteiger partial charge in [0, 0.05) is 49.7 Å². The van der Waals surface area contributed by atoms with E-state index < -0.39 is 35.1 Å². The number of amides is 2. The third kappa shape index (κ3) is 5.58. The van der Waals surface area contributed by atoms with Crippen LogP contribution in [0.5, 0.6) is 0 Å². The zero-order valence-corrected chi connectivity index (χ0v) is 21.7. The Bertz CT molecular complexity index is 1390. The third-order valence-corrected chi connectivity index (χ3v) is 7.91. The fourth-order valence-electron chi connectivity index (χ4n) is 5.39. The lowest BCUT2D eigenvalue weighted by atomic mass is 9.90. The van der Waals surface area contributed by atoms with Crippen molar-refractivity contribution in [2.24, 2.45) is 11.8 Å². The minimum Gasteiger partial charge on any atom is -0.355 e. The smallest absolute Gasteiger partial charge is 0.355 e. The molecule has 0 spiro atoms.